The van der Waals surface area contributed by atoms with Gasteiger partial charge in [0, 0.05) is 19.7 Å². The van der Waals surface area contributed by atoms with Gasteiger partial charge in [-0.15, -0.1) is 0 Å². The van der Waals surface area contributed by atoms with Crippen molar-refractivity contribution in [2.75, 3.05) is 7.11 Å². The van der Waals surface area contributed by atoms with E-state index in [9.17, 15) is 9.59 Å². The van der Waals surface area contributed by atoms with Gasteiger partial charge < -0.3 is 14.0 Å². The first-order chi connectivity index (χ1) is 17.4. The van der Waals surface area contributed by atoms with E-state index in [2.05, 4.69) is 4.57 Å². The van der Waals surface area contributed by atoms with E-state index in [1.165, 1.54) is 7.05 Å². The molecule has 2 aromatic heterocycles. The average Bonchev–Trinajstić information content (AvgIpc) is 3.27. The summed E-state index contributed by atoms with van der Waals surface area (Å²) in [6, 6.07) is 23.5. The molecule has 1 aliphatic rings. The smallest absolute Gasteiger partial charge is 0.331 e. The molecule has 0 saturated heterocycles. The standard InChI is InChI=1S/C29H25N3O4/c1-17-13-15-18(16-14-17)24-23-25(30(2)29(34)31(3)28(23)33)26-27(19-9-5-7-11-21(19)35-4)36-22-12-8-6-10-20(22)32(24)26/h5-16,27H,1-4H3. The third-order valence-corrected chi connectivity index (χ3v) is 6.95. The third kappa shape index (κ3) is 2.99. The molecule has 5 aromatic rings. The predicted octanol–water partition coefficient (Wildman–Crippen LogP) is 4.49. The Morgan fingerprint density at radius 1 is 0.861 bits per heavy atom. The van der Waals surface area contributed by atoms with Gasteiger partial charge in [0.1, 0.15) is 11.5 Å². The molecular formula is C29H25N3O4. The Hall–Kier alpha value is -4.52. The minimum atomic E-state index is -0.615. The molecule has 0 saturated carbocycles. The van der Waals surface area contributed by atoms with Gasteiger partial charge >= 0.3 is 5.69 Å². The number of fused-ring (bicyclic) bond motifs is 5. The van der Waals surface area contributed by atoms with Crippen LogP contribution < -0.4 is 20.7 Å². The highest BCUT2D eigenvalue weighted by atomic mass is 16.5. The summed E-state index contributed by atoms with van der Waals surface area (Å²) in [5.74, 6) is 1.34. The van der Waals surface area contributed by atoms with Gasteiger partial charge in [0.05, 0.1) is 35.1 Å². The highest BCUT2D eigenvalue weighted by Crippen LogP contribution is 2.47. The molecule has 3 heterocycles. The summed E-state index contributed by atoms with van der Waals surface area (Å²) in [6.07, 6.45) is -0.615. The number of nitrogens with zero attached hydrogens (tertiary/aromatic N) is 3. The zero-order valence-corrected chi connectivity index (χ0v) is 20.5. The van der Waals surface area contributed by atoms with Gasteiger partial charge in [0.15, 0.2) is 6.10 Å². The van der Waals surface area contributed by atoms with E-state index in [-0.39, 0.29) is 5.56 Å². The van der Waals surface area contributed by atoms with Crippen LogP contribution >= 0.6 is 0 Å². The molecule has 0 N–H and O–H groups in total. The van der Waals surface area contributed by atoms with E-state index in [0.29, 0.717) is 28.1 Å². The van der Waals surface area contributed by atoms with E-state index in [0.717, 1.165) is 32.6 Å². The van der Waals surface area contributed by atoms with E-state index >= 15 is 0 Å². The molecule has 1 atom stereocenters. The lowest BCUT2D eigenvalue weighted by Crippen LogP contribution is -2.37. The SMILES string of the molecule is COc1ccccc1C1Oc2ccccc2-n2c(-c3ccc(C)cc3)c3c(=O)n(C)c(=O)n(C)c3c21. The first kappa shape index (κ1) is 22.0. The average molecular weight is 480 g/mol. The van der Waals surface area contributed by atoms with Crippen LogP contribution in [0.1, 0.15) is 22.9 Å². The molecule has 0 amide bonds. The fourth-order valence-corrected chi connectivity index (χ4v) is 5.19. The molecule has 3 aromatic carbocycles. The maximum atomic E-state index is 13.7. The second kappa shape index (κ2) is 8.02. The fourth-order valence-electron chi connectivity index (χ4n) is 5.19. The lowest BCUT2D eigenvalue weighted by Gasteiger charge is -2.30. The highest BCUT2D eigenvalue weighted by Gasteiger charge is 2.37. The molecule has 6 rings (SSSR count). The van der Waals surface area contributed by atoms with Crippen LogP contribution in [0.5, 0.6) is 11.5 Å². The molecule has 7 heteroatoms. The molecule has 0 radical (unpaired) electrons. The number of ether oxygens (including phenoxy) is 2. The summed E-state index contributed by atoms with van der Waals surface area (Å²) in [5.41, 5.74) is 4.85. The van der Waals surface area contributed by atoms with Crippen LogP contribution in [0.15, 0.2) is 82.4 Å². The van der Waals surface area contributed by atoms with Crippen molar-refractivity contribution < 1.29 is 9.47 Å². The second-order valence-corrected chi connectivity index (χ2v) is 9.07. The molecule has 1 aliphatic heterocycles. The van der Waals surface area contributed by atoms with Crippen LogP contribution in [-0.4, -0.2) is 20.8 Å². The van der Waals surface area contributed by atoms with E-state index < -0.39 is 11.8 Å². The number of methoxy groups -OCH3 is 1. The van der Waals surface area contributed by atoms with Crippen molar-refractivity contribution in [3.05, 3.63) is 110 Å². The number of aryl methyl sites for hydroxylation is 2. The summed E-state index contributed by atoms with van der Waals surface area (Å²) < 4.78 is 17.1. The highest BCUT2D eigenvalue weighted by molar-refractivity contribution is 5.98. The van der Waals surface area contributed by atoms with Gasteiger partial charge in [-0.2, -0.15) is 0 Å². The van der Waals surface area contributed by atoms with Gasteiger partial charge in [0.2, 0.25) is 0 Å². The van der Waals surface area contributed by atoms with Crippen molar-refractivity contribution in [2.24, 2.45) is 14.1 Å². The van der Waals surface area contributed by atoms with Crippen LogP contribution in [-0.2, 0) is 14.1 Å². The Bertz CT molecular complexity index is 1770. The second-order valence-electron chi connectivity index (χ2n) is 9.07. The van der Waals surface area contributed by atoms with Crippen LogP contribution in [0.2, 0.25) is 0 Å². The van der Waals surface area contributed by atoms with Crippen molar-refractivity contribution in [3.8, 4) is 28.4 Å². The van der Waals surface area contributed by atoms with Crippen molar-refractivity contribution in [1.82, 2.24) is 13.7 Å². The van der Waals surface area contributed by atoms with Gasteiger partial charge in [-0.25, -0.2) is 4.79 Å². The summed E-state index contributed by atoms with van der Waals surface area (Å²) in [6.45, 7) is 2.03. The van der Waals surface area contributed by atoms with Crippen molar-refractivity contribution in [2.45, 2.75) is 13.0 Å². The van der Waals surface area contributed by atoms with Gasteiger partial charge in [0.25, 0.3) is 5.56 Å². The van der Waals surface area contributed by atoms with Crippen molar-refractivity contribution in [1.29, 1.82) is 0 Å². The van der Waals surface area contributed by atoms with E-state index in [4.69, 9.17) is 9.47 Å². The number of aromatic nitrogens is 3. The van der Waals surface area contributed by atoms with Gasteiger partial charge in [-0.3, -0.25) is 13.9 Å². The van der Waals surface area contributed by atoms with E-state index in [1.54, 1.807) is 18.7 Å². The minimum absolute atomic E-state index is 0.346. The Labute approximate surface area is 207 Å². The summed E-state index contributed by atoms with van der Waals surface area (Å²) in [5, 5.41) is 0.471. The molecular weight excluding hydrogens is 454 g/mol. The lowest BCUT2D eigenvalue weighted by molar-refractivity contribution is 0.223. The topological polar surface area (TPSA) is 67.4 Å². The predicted molar refractivity (Wildman–Crippen MR) is 139 cm³/mol. The normalized spacial score (nSPS) is 14.3. The number of benzene rings is 3. The zero-order chi connectivity index (χ0) is 25.1. The Morgan fingerprint density at radius 3 is 2.31 bits per heavy atom. The number of hydrogen-bond acceptors (Lipinski definition) is 4. The Balaban J connectivity index is 1.86. The maximum absolute atomic E-state index is 13.7. The lowest BCUT2D eigenvalue weighted by atomic mass is 10.0. The fraction of sp³-hybridized carbons (Fsp3) is 0.172. The first-order valence-electron chi connectivity index (χ1n) is 11.7. The molecule has 7 nitrogen and oxygen atoms in total. The summed E-state index contributed by atoms with van der Waals surface area (Å²) in [4.78, 5) is 26.9. The third-order valence-electron chi connectivity index (χ3n) is 6.95. The maximum Gasteiger partial charge on any atom is 0.331 e. The number of rotatable bonds is 3. The number of para-hydroxylation sites is 3. The van der Waals surface area contributed by atoms with Crippen molar-refractivity contribution >= 4 is 10.9 Å². The van der Waals surface area contributed by atoms with Crippen LogP contribution in [0.4, 0.5) is 0 Å². The Kier molecular flexibility index (Phi) is 4.89. The molecule has 0 spiro atoms. The minimum Gasteiger partial charge on any atom is -0.496 e. The van der Waals surface area contributed by atoms with Gasteiger partial charge in [-0.1, -0.05) is 60.2 Å². The molecule has 0 aliphatic carbocycles. The number of hydrogen-bond donors (Lipinski definition) is 0. The van der Waals surface area contributed by atoms with Crippen molar-refractivity contribution in [3.63, 3.8) is 0 Å². The van der Waals surface area contributed by atoms with Crippen LogP contribution in [0.25, 0.3) is 27.8 Å². The molecule has 0 fully saturated rings. The molecule has 36 heavy (non-hydrogen) atoms. The Morgan fingerprint density at radius 2 is 1.56 bits per heavy atom. The van der Waals surface area contributed by atoms with Crippen LogP contribution in [0, 0.1) is 6.92 Å². The largest absolute Gasteiger partial charge is 0.496 e. The molecule has 1 unspecified atom stereocenters. The quantitative estimate of drug-likeness (QED) is 0.382. The summed E-state index contributed by atoms with van der Waals surface area (Å²) in [7, 11) is 4.83. The van der Waals surface area contributed by atoms with E-state index in [1.807, 2.05) is 79.7 Å². The molecule has 0 bridgehead atoms. The van der Waals surface area contributed by atoms with Gasteiger partial charge in [-0.05, 0) is 30.7 Å². The zero-order valence-electron chi connectivity index (χ0n) is 20.5. The molecule has 180 valence electrons. The first-order valence-corrected chi connectivity index (χ1v) is 11.7. The van der Waals surface area contributed by atoms with Crippen LogP contribution in [0.3, 0.4) is 0 Å². The summed E-state index contributed by atoms with van der Waals surface area (Å²) >= 11 is 0. The monoisotopic (exact) mass is 479 g/mol.